The van der Waals surface area contributed by atoms with Gasteiger partial charge in [-0.3, -0.25) is 19.7 Å². The molecule has 5 rings (SSSR count). The fourth-order valence-corrected chi connectivity index (χ4v) is 4.68. The Balaban J connectivity index is 1.37. The normalized spacial score (nSPS) is 27.4. The number of nitro benzene ring substituents is 1. The molecule has 9 heteroatoms. The number of allylic oxidation sites excluding steroid dienone is 2. The number of fused-ring (bicyclic) bond motifs is 5. The number of rotatable bonds is 4. The molecule has 0 unspecified atom stereocenters. The average Bonchev–Trinajstić information content (AvgIpc) is 3.46. The van der Waals surface area contributed by atoms with Crippen LogP contribution in [0.4, 0.5) is 5.69 Å². The minimum absolute atomic E-state index is 0.0344. The van der Waals surface area contributed by atoms with Crippen LogP contribution in [0, 0.1) is 33.8 Å². The number of benzene rings is 1. The lowest BCUT2D eigenvalue weighted by atomic mass is 9.85. The summed E-state index contributed by atoms with van der Waals surface area (Å²) in [5.74, 6) is -0.217. The zero-order valence-electron chi connectivity index (χ0n) is 14.9. The summed E-state index contributed by atoms with van der Waals surface area (Å²) in [5.41, 5.74) is 0.255. The maximum absolute atomic E-state index is 12.6. The van der Waals surface area contributed by atoms with Crippen molar-refractivity contribution in [2.24, 2.45) is 28.8 Å². The van der Waals surface area contributed by atoms with Crippen molar-refractivity contribution in [2.75, 3.05) is 0 Å². The average molecular weight is 412 g/mol. The van der Waals surface area contributed by atoms with Gasteiger partial charge in [-0.25, -0.2) is 0 Å². The first-order chi connectivity index (χ1) is 13.9. The van der Waals surface area contributed by atoms with E-state index in [2.05, 4.69) is 5.10 Å². The van der Waals surface area contributed by atoms with Crippen molar-refractivity contribution in [2.45, 2.75) is 6.42 Å². The number of imide groups is 1. The van der Waals surface area contributed by atoms with Gasteiger partial charge in [-0.15, -0.1) is 0 Å². The molecule has 3 aliphatic rings. The molecule has 1 saturated heterocycles. The number of hydrogen-bond donors (Lipinski definition) is 0. The number of furan rings is 1. The lowest BCUT2D eigenvalue weighted by molar-refractivity contribution is -0.384. The Morgan fingerprint density at radius 2 is 1.83 bits per heavy atom. The van der Waals surface area contributed by atoms with E-state index in [0.717, 1.165) is 11.4 Å². The van der Waals surface area contributed by atoms with Gasteiger partial charge >= 0.3 is 0 Å². The molecule has 4 atom stereocenters. The van der Waals surface area contributed by atoms with Crippen molar-refractivity contribution >= 4 is 35.3 Å². The van der Waals surface area contributed by atoms with Crippen molar-refractivity contribution in [3.8, 4) is 11.3 Å². The molecule has 0 N–H and O–H groups in total. The van der Waals surface area contributed by atoms with Crippen LogP contribution < -0.4 is 0 Å². The molecule has 0 radical (unpaired) electrons. The topological polar surface area (TPSA) is 106 Å². The third kappa shape index (κ3) is 2.71. The maximum Gasteiger partial charge on any atom is 0.288 e. The number of nitro groups is 1. The smallest absolute Gasteiger partial charge is 0.288 e. The van der Waals surface area contributed by atoms with Crippen molar-refractivity contribution in [1.29, 1.82) is 0 Å². The third-order valence-corrected chi connectivity index (χ3v) is 6.12. The van der Waals surface area contributed by atoms with Crippen LogP contribution in [0.5, 0.6) is 0 Å². The van der Waals surface area contributed by atoms with E-state index in [0.29, 0.717) is 17.1 Å². The summed E-state index contributed by atoms with van der Waals surface area (Å²) in [6, 6.07) is 7.58. The Morgan fingerprint density at radius 1 is 1.14 bits per heavy atom. The van der Waals surface area contributed by atoms with Gasteiger partial charge in [0.15, 0.2) is 0 Å². The number of hydrogen-bond acceptors (Lipinski definition) is 6. The van der Waals surface area contributed by atoms with E-state index in [1.54, 1.807) is 18.2 Å². The molecule has 2 aliphatic carbocycles. The van der Waals surface area contributed by atoms with Crippen LogP contribution >= 0.6 is 11.6 Å². The van der Waals surface area contributed by atoms with Crippen LogP contribution in [0.3, 0.4) is 0 Å². The third-order valence-electron chi connectivity index (χ3n) is 5.80. The number of nitrogens with zero attached hydrogens (tertiary/aromatic N) is 3. The van der Waals surface area contributed by atoms with Crippen LogP contribution in [-0.4, -0.2) is 28.0 Å². The molecule has 1 aliphatic heterocycles. The molecule has 2 heterocycles. The Kier molecular flexibility index (Phi) is 3.92. The lowest BCUT2D eigenvalue weighted by Crippen LogP contribution is -2.28. The summed E-state index contributed by atoms with van der Waals surface area (Å²) >= 11 is 5.83. The number of carbonyl (C=O) groups is 2. The Morgan fingerprint density at radius 3 is 2.48 bits per heavy atom. The molecule has 29 heavy (non-hydrogen) atoms. The molecular weight excluding hydrogens is 398 g/mol. The number of halogens is 1. The largest absolute Gasteiger partial charge is 0.455 e. The van der Waals surface area contributed by atoms with Gasteiger partial charge in [0.1, 0.15) is 16.5 Å². The molecule has 2 amide bonds. The minimum Gasteiger partial charge on any atom is -0.455 e. The first-order valence-electron chi connectivity index (χ1n) is 9.08. The van der Waals surface area contributed by atoms with Crippen LogP contribution in [0.15, 0.2) is 52.0 Å². The molecular formula is C20H14ClN3O5. The Bertz CT molecular complexity index is 1090. The highest BCUT2D eigenvalue weighted by Crippen LogP contribution is 2.52. The second kappa shape index (κ2) is 6.38. The van der Waals surface area contributed by atoms with Gasteiger partial charge in [0.2, 0.25) is 0 Å². The van der Waals surface area contributed by atoms with E-state index >= 15 is 0 Å². The highest BCUT2D eigenvalue weighted by molar-refractivity contribution is 6.32. The summed E-state index contributed by atoms with van der Waals surface area (Å²) in [6.45, 7) is 0. The molecule has 1 aromatic carbocycles. The minimum atomic E-state index is -0.569. The first kappa shape index (κ1) is 17.8. The summed E-state index contributed by atoms with van der Waals surface area (Å²) in [4.78, 5) is 35.7. The highest BCUT2D eigenvalue weighted by atomic mass is 35.5. The molecule has 0 spiro atoms. The SMILES string of the molecule is O=C1[C@@H]2[C@H](C(=O)N1/N=C\c1ccc(-c3ccc(Cl)c([N+](=O)[O-])c3)o1)[C@H]1C=C[C@H]2C1. The lowest BCUT2D eigenvalue weighted by Gasteiger charge is -2.13. The van der Waals surface area contributed by atoms with Gasteiger partial charge in [-0.1, -0.05) is 23.8 Å². The van der Waals surface area contributed by atoms with Gasteiger partial charge in [-0.2, -0.15) is 10.1 Å². The van der Waals surface area contributed by atoms with Crippen molar-refractivity contribution in [3.63, 3.8) is 0 Å². The van der Waals surface area contributed by atoms with Gasteiger partial charge in [0.05, 0.1) is 23.0 Å². The molecule has 1 saturated carbocycles. The van der Waals surface area contributed by atoms with Crippen LogP contribution in [-0.2, 0) is 9.59 Å². The summed E-state index contributed by atoms with van der Waals surface area (Å²) in [6.07, 6.45) is 6.21. The van der Waals surface area contributed by atoms with Crippen LogP contribution in [0.2, 0.25) is 5.02 Å². The summed E-state index contributed by atoms with van der Waals surface area (Å²) in [5, 5.41) is 16.1. The number of hydrazone groups is 1. The van der Waals surface area contributed by atoms with E-state index in [4.69, 9.17) is 16.0 Å². The van der Waals surface area contributed by atoms with Gasteiger partial charge in [-0.05, 0) is 42.5 Å². The monoisotopic (exact) mass is 411 g/mol. The Labute approximate surface area is 169 Å². The molecule has 146 valence electrons. The fraction of sp³-hybridized carbons (Fsp3) is 0.250. The summed E-state index contributed by atoms with van der Waals surface area (Å²) < 4.78 is 5.65. The van der Waals surface area contributed by atoms with Crippen LogP contribution in [0.25, 0.3) is 11.3 Å². The first-order valence-corrected chi connectivity index (χ1v) is 9.46. The van der Waals surface area contributed by atoms with Crippen molar-refractivity contribution in [3.05, 3.63) is 63.4 Å². The number of carbonyl (C=O) groups excluding carboxylic acids is 2. The molecule has 1 aromatic heterocycles. The van der Waals surface area contributed by atoms with E-state index < -0.39 is 4.92 Å². The zero-order chi connectivity index (χ0) is 20.3. The van der Waals surface area contributed by atoms with Gasteiger partial charge in [0, 0.05) is 11.6 Å². The second-order valence-corrected chi connectivity index (χ2v) is 7.77. The predicted octanol–water partition coefficient (Wildman–Crippen LogP) is 3.65. The number of amides is 2. The molecule has 8 nitrogen and oxygen atoms in total. The fourth-order valence-electron chi connectivity index (χ4n) is 4.50. The van der Waals surface area contributed by atoms with E-state index in [1.807, 2.05) is 12.2 Å². The predicted molar refractivity (Wildman–Crippen MR) is 103 cm³/mol. The van der Waals surface area contributed by atoms with Gasteiger partial charge < -0.3 is 4.42 Å². The van der Waals surface area contributed by atoms with E-state index in [-0.39, 0.29) is 46.2 Å². The quantitative estimate of drug-likeness (QED) is 0.251. The molecule has 2 aromatic rings. The van der Waals surface area contributed by atoms with Crippen molar-refractivity contribution in [1.82, 2.24) is 5.01 Å². The zero-order valence-corrected chi connectivity index (χ0v) is 15.7. The maximum atomic E-state index is 12.6. The van der Waals surface area contributed by atoms with E-state index in [1.165, 1.54) is 18.3 Å². The Hall–Kier alpha value is -3.26. The van der Waals surface area contributed by atoms with Crippen LogP contribution in [0.1, 0.15) is 12.2 Å². The second-order valence-electron chi connectivity index (χ2n) is 7.36. The summed E-state index contributed by atoms with van der Waals surface area (Å²) in [7, 11) is 0. The molecule has 2 fully saturated rings. The highest BCUT2D eigenvalue weighted by Gasteiger charge is 2.59. The molecule has 2 bridgehead atoms. The standard InChI is InChI=1S/C20H14ClN3O5/c21-14-5-3-10(8-15(14)24(27)28)16-6-4-13(29-16)9-22-23-19(25)17-11-1-2-12(7-11)18(17)20(23)26/h1-6,8-9,11-12,17-18H,7H2/b22-9-/t11-,12-,17-,18+/m0/s1. The van der Waals surface area contributed by atoms with Crippen molar-refractivity contribution < 1.29 is 18.9 Å². The van der Waals surface area contributed by atoms with Gasteiger partial charge in [0.25, 0.3) is 17.5 Å². The van der Waals surface area contributed by atoms with E-state index in [9.17, 15) is 19.7 Å².